The van der Waals surface area contributed by atoms with Crippen molar-refractivity contribution in [2.45, 2.75) is 19.9 Å². The number of carbonyl (C=O) groups is 1. The molecular formula is C19H23N3O4. The van der Waals surface area contributed by atoms with E-state index in [2.05, 4.69) is 5.32 Å². The van der Waals surface area contributed by atoms with Crippen LogP contribution in [0.4, 0.5) is 11.4 Å². The second kappa shape index (κ2) is 8.44. The minimum atomic E-state index is -0.496. The number of amides is 1. The molecule has 7 nitrogen and oxygen atoms in total. The number of anilines is 1. The van der Waals surface area contributed by atoms with E-state index in [9.17, 15) is 14.9 Å². The Bertz CT molecular complexity index is 807. The van der Waals surface area contributed by atoms with Gasteiger partial charge < -0.3 is 10.1 Å². The molecule has 0 bridgehead atoms. The number of methoxy groups -OCH3 is 1. The van der Waals surface area contributed by atoms with E-state index >= 15 is 0 Å². The Labute approximate surface area is 152 Å². The smallest absolute Gasteiger partial charge is 0.293 e. The summed E-state index contributed by atoms with van der Waals surface area (Å²) in [7, 11) is 3.43. The van der Waals surface area contributed by atoms with E-state index in [1.54, 1.807) is 26.2 Å². The van der Waals surface area contributed by atoms with Gasteiger partial charge in [-0.3, -0.25) is 19.8 Å². The first-order valence-corrected chi connectivity index (χ1v) is 8.22. The van der Waals surface area contributed by atoms with Crippen LogP contribution >= 0.6 is 0 Å². The van der Waals surface area contributed by atoms with Crippen LogP contribution in [0.2, 0.25) is 0 Å². The van der Waals surface area contributed by atoms with Gasteiger partial charge in [-0.15, -0.1) is 0 Å². The predicted octanol–water partition coefficient (Wildman–Crippen LogP) is 3.54. The molecule has 7 heteroatoms. The quantitative estimate of drug-likeness (QED) is 0.605. The van der Waals surface area contributed by atoms with Gasteiger partial charge in [0.2, 0.25) is 5.91 Å². The number of hydrogen-bond acceptors (Lipinski definition) is 5. The van der Waals surface area contributed by atoms with Gasteiger partial charge >= 0.3 is 0 Å². The molecule has 0 spiro atoms. The summed E-state index contributed by atoms with van der Waals surface area (Å²) in [6, 6.07) is 12.3. The molecule has 0 fully saturated rings. The van der Waals surface area contributed by atoms with Crippen molar-refractivity contribution in [2.75, 3.05) is 26.0 Å². The molecule has 1 amide bonds. The van der Waals surface area contributed by atoms with E-state index in [1.807, 2.05) is 43.1 Å². The number of nitro groups is 1. The molecular weight excluding hydrogens is 334 g/mol. The van der Waals surface area contributed by atoms with Gasteiger partial charge in [0.05, 0.1) is 18.6 Å². The van der Waals surface area contributed by atoms with Gasteiger partial charge in [0.1, 0.15) is 11.4 Å². The minimum Gasteiger partial charge on any atom is -0.496 e. The van der Waals surface area contributed by atoms with Crippen molar-refractivity contribution in [1.82, 2.24) is 4.90 Å². The zero-order valence-corrected chi connectivity index (χ0v) is 15.4. The fraction of sp³-hybridized carbons (Fsp3) is 0.316. The molecule has 2 aromatic carbocycles. The second-order valence-electron chi connectivity index (χ2n) is 6.11. The largest absolute Gasteiger partial charge is 0.496 e. The molecule has 0 aliphatic rings. The van der Waals surface area contributed by atoms with Gasteiger partial charge in [0.15, 0.2) is 0 Å². The number of ether oxygens (including phenoxy) is 1. The maximum atomic E-state index is 12.4. The molecule has 2 aromatic rings. The summed E-state index contributed by atoms with van der Waals surface area (Å²) in [6.45, 7) is 3.79. The third-order valence-corrected chi connectivity index (χ3v) is 4.36. The lowest BCUT2D eigenvalue weighted by atomic mass is 10.1. The molecule has 0 aliphatic heterocycles. The summed E-state index contributed by atoms with van der Waals surface area (Å²) < 4.78 is 5.37. The highest BCUT2D eigenvalue weighted by Gasteiger charge is 2.21. The third kappa shape index (κ3) is 4.37. The highest BCUT2D eigenvalue weighted by Crippen LogP contribution is 2.29. The molecule has 0 heterocycles. The third-order valence-electron chi connectivity index (χ3n) is 4.36. The summed E-state index contributed by atoms with van der Waals surface area (Å²) in [5.41, 5.74) is 1.74. The van der Waals surface area contributed by atoms with Gasteiger partial charge in [0, 0.05) is 17.7 Å². The lowest BCUT2D eigenvalue weighted by molar-refractivity contribution is -0.384. The maximum Gasteiger partial charge on any atom is 0.293 e. The molecule has 0 saturated carbocycles. The molecule has 0 aromatic heterocycles. The fourth-order valence-electron chi connectivity index (χ4n) is 2.76. The van der Waals surface area contributed by atoms with Crippen LogP contribution in [0.15, 0.2) is 42.5 Å². The Morgan fingerprint density at radius 3 is 2.62 bits per heavy atom. The van der Waals surface area contributed by atoms with Gasteiger partial charge in [-0.05, 0) is 32.5 Å². The lowest BCUT2D eigenvalue weighted by Crippen LogP contribution is -2.32. The predicted molar refractivity (Wildman–Crippen MR) is 101 cm³/mol. The topological polar surface area (TPSA) is 84.7 Å². The number of para-hydroxylation sites is 2. The molecule has 0 aliphatic carbocycles. The molecule has 0 unspecified atom stereocenters. The molecule has 0 radical (unpaired) electrons. The molecule has 2 rings (SSSR count). The van der Waals surface area contributed by atoms with Crippen LogP contribution in [-0.4, -0.2) is 36.4 Å². The van der Waals surface area contributed by atoms with E-state index in [0.29, 0.717) is 5.56 Å². The molecule has 1 N–H and O–H groups in total. The highest BCUT2D eigenvalue weighted by molar-refractivity contribution is 5.95. The highest BCUT2D eigenvalue weighted by atomic mass is 16.6. The lowest BCUT2D eigenvalue weighted by Gasteiger charge is -2.25. The molecule has 0 saturated heterocycles. The number of hydrogen-bond donors (Lipinski definition) is 1. The summed E-state index contributed by atoms with van der Waals surface area (Å²) in [5.74, 6) is 0.438. The van der Waals surface area contributed by atoms with E-state index in [1.165, 1.54) is 6.07 Å². The number of carbonyl (C=O) groups excluding carboxylic acids is 1. The summed E-state index contributed by atoms with van der Waals surface area (Å²) in [5, 5.41) is 13.8. The molecule has 1 atom stereocenters. The van der Waals surface area contributed by atoms with Gasteiger partial charge in [-0.25, -0.2) is 0 Å². The normalized spacial score (nSPS) is 11.9. The average molecular weight is 357 g/mol. The van der Waals surface area contributed by atoms with Crippen LogP contribution in [0.3, 0.4) is 0 Å². The minimum absolute atomic E-state index is 0.0660. The molecule has 26 heavy (non-hydrogen) atoms. The Hall–Kier alpha value is -2.93. The number of nitrogens with one attached hydrogen (secondary N) is 1. The second-order valence-corrected chi connectivity index (χ2v) is 6.11. The number of aryl methyl sites for hydroxylation is 1. The van der Waals surface area contributed by atoms with Crippen LogP contribution in [0.25, 0.3) is 0 Å². The summed E-state index contributed by atoms with van der Waals surface area (Å²) >= 11 is 0. The number of benzene rings is 2. The van der Waals surface area contributed by atoms with Gasteiger partial charge in [-0.1, -0.05) is 30.3 Å². The monoisotopic (exact) mass is 357 g/mol. The van der Waals surface area contributed by atoms with E-state index in [4.69, 9.17) is 4.74 Å². The van der Waals surface area contributed by atoms with Crippen LogP contribution in [0, 0.1) is 17.0 Å². The standard InChI is InChI=1S/C19H23N3O4/c1-13-8-7-10-16(22(24)25)19(13)20-18(23)12-21(3)14(2)15-9-5-6-11-17(15)26-4/h5-11,14H,12H2,1-4H3,(H,20,23)/t14-/m1/s1. The first-order chi connectivity index (χ1) is 12.3. The summed E-state index contributed by atoms with van der Waals surface area (Å²) in [4.78, 5) is 25.0. The van der Waals surface area contributed by atoms with Crippen LogP contribution < -0.4 is 10.1 Å². The van der Waals surface area contributed by atoms with Crippen molar-refractivity contribution in [2.24, 2.45) is 0 Å². The Balaban J connectivity index is 2.12. The van der Waals surface area contributed by atoms with Crippen molar-refractivity contribution >= 4 is 17.3 Å². The van der Waals surface area contributed by atoms with Crippen molar-refractivity contribution in [3.05, 3.63) is 63.7 Å². The van der Waals surface area contributed by atoms with Crippen molar-refractivity contribution < 1.29 is 14.5 Å². The number of rotatable bonds is 7. The van der Waals surface area contributed by atoms with Crippen molar-refractivity contribution in [3.8, 4) is 5.75 Å². The summed E-state index contributed by atoms with van der Waals surface area (Å²) in [6.07, 6.45) is 0. The van der Waals surface area contributed by atoms with E-state index < -0.39 is 4.92 Å². The SMILES string of the molecule is COc1ccccc1[C@@H](C)N(C)CC(=O)Nc1c(C)cccc1[N+](=O)[O-]. The number of nitro benzene ring substituents is 1. The first kappa shape index (κ1) is 19.4. The number of likely N-dealkylation sites (N-methyl/N-ethyl adjacent to an activating group) is 1. The van der Waals surface area contributed by atoms with E-state index in [0.717, 1.165) is 11.3 Å². The van der Waals surface area contributed by atoms with Gasteiger partial charge in [-0.2, -0.15) is 0 Å². The van der Waals surface area contributed by atoms with Crippen LogP contribution in [0.1, 0.15) is 24.1 Å². The first-order valence-electron chi connectivity index (χ1n) is 8.22. The van der Waals surface area contributed by atoms with Crippen LogP contribution in [0.5, 0.6) is 5.75 Å². The Morgan fingerprint density at radius 1 is 1.27 bits per heavy atom. The Kier molecular flexibility index (Phi) is 6.30. The zero-order chi connectivity index (χ0) is 19.3. The van der Waals surface area contributed by atoms with Crippen molar-refractivity contribution in [1.29, 1.82) is 0 Å². The van der Waals surface area contributed by atoms with Crippen LogP contribution in [-0.2, 0) is 4.79 Å². The fourth-order valence-corrected chi connectivity index (χ4v) is 2.76. The maximum absolute atomic E-state index is 12.4. The average Bonchev–Trinajstić information content (AvgIpc) is 2.62. The zero-order valence-electron chi connectivity index (χ0n) is 15.4. The Morgan fingerprint density at radius 2 is 1.96 bits per heavy atom. The van der Waals surface area contributed by atoms with E-state index in [-0.39, 0.29) is 29.9 Å². The van der Waals surface area contributed by atoms with Gasteiger partial charge in [0.25, 0.3) is 5.69 Å². The molecule has 138 valence electrons. The van der Waals surface area contributed by atoms with Crippen molar-refractivity contribution in [3.63, 3.8) is 0 Å². The number of nitrogens with zero attached hydrogens (tertiary/aromatic N) is 2.